The zero-order valence-corrected chi connectivity index (χ0v) is 18.4. The summed E-state index contributed by atoms with van der Waals surface area (Å²) in [5, 5.41) is 12.8. The third-order valence-corrected chi connectivity index (χ3v) is 6.09. The number of piperazine rings is 1. The van der Waals surface area contributed by atoms with Crippen LogP contribution in [0.15, 0.2) is 30.9 Å². The minimum atomic E-state index is -0.146. The molecule has 1 aromatic heterocycles. The van der Waals surface area contributed by atoms with E-state index in [1.807, 2.05) is 22.9 Å². The van der Waals surface area contributed by atoms with Crippen molar-refractivity contribution in [2.24, 2.45) is 0 Å². The van der Waals surface area contributed by atoms with E-state index in [2.05, 4.69) is 38.0 Å². The van der Waals surface area contributed by atoms with E-state index < -0.39 is 0 Å². The number of methoxy groups -OCH3 is 2. The molecule has 9 heteroatoms. The number of rotatable bonds is 9. The first-order valence-electron chi connectivity index (χ1n) is 10.9. The second-order valence-electron chi connectivity index (χ2n) is 7.96. The van der Waals surface area contributed by atoms with Gasteiger partial charge < -0.3 is 14.2 Å². The van der Waals surface area contributed by atoms with Crippen LogP contribution in [-0.4, -0.2) is 89.7 Å². The number of nitrogens with zero attached hydrogens (tertiary/aromatic N) is 6. The average Bonchev–Trinajstić information content (AvgIpc) is 3.48. The summed E-state index contributed by atoms with van der Waals surface area (Å²) in [6.45, 7) is 9.94. The van der Waals surface area contributed by atoms with Crippen molar-refractivity contribution in [2.75, 3.05) is 53.6 Å². The molecule has 4 rings (SSSR count). The van der Waals surface area contributed by atoms with Gasteiger partial charge in [0.25, 0.3) is 0 Å². The Balaban J connectivity index is 1.69. The molecule has 3 heterocycles. The molecule has 2 fully saturated rings. The Kier molecular flexibility index (Phi) is 7.16. The van der Waals surface area contributed by atoms with Crippen LogP contribution < -0.4 is 9.47 Å². The predicted octanol–water partition coefficient (Wildman–Crippen LogP) is 1.76. The van der Waals surface area contributed by atoms with Crippen LogP contribution >= 0.6 is 0 Å². The summed E-state index contributed by atoms with van der Waals surface area (Å²) in [7, 11) is 3.34. The van der Waals surface area contributed by atoms with Crippen molar-refractivity contribution in [3.05, 3.63) is 42.2 Å². The number of hydrogen-bond acceptors (Lipinski definition) is 8. The van der Waals surface area contributed by atoms with Gasteiger partial charge in [0.1, 0.15) is 6.04 Å². The van der Waals surface area contributed by atoms with Crippen molar-refractivity contribution >= 4 is 0 Å². The van der Waals surface area contributed by atoms with Crippen LogP contribution in [0.3, 0.4) is 0 Å². The molecule has 0 aliphatic carbocycles. The van der Waals surface area contributed by atoms with E-state index in [1.165, 1.54) is 0 Å². The van der Waals surface area contributed by atoms with Gasteiger partial charge in [0.2, 0.25) is 0 Å². The van der Waals surface area contributed by atoms with Crippen molar-refractivity contribution in [3.63, 3.8) is 0 Å². The number of aromatic nitrogens is 4. The topological polar surface area (TPSA) is 77.8 Å². The second-order valence-corrected chi connectivity index (χ2v) is 7.96. The van der Waals surface area contributed by atoms with Crippen molar-refractivity contribution < 1.29 is 14.2 Å². The maximum atomic E-state index is 5.84. The van der Waals surface area contributed by atoms with Crippen molar-refractivity contribution in [1.29, 1.82) is 0 Å². The summed E-state index contributed by atoms with van der Waals surface area (Å²) < 4.78 is 19.1. The first-order chi connectivity index (χ1) is 15.2. The third-order valence-electron chi connectivity index (χ3n) is 6.09. The fourth-order valence-corrected chi connectivity index (χ4v) is 4.53. The standard InChI is InChI=1S/C22H32N6O3/c1-4-10-26-11-13-27(14-12-26)20(18-8-5-9-19(29-2)21(18)30-3)22-23-24-25-28(22)16-17-7-6-15-31-17/h4-5,8-9,17,20H,1,6-7,10-16H2,2-3H3/t17-,20-/m1/s1. The average molecular weight is 429 g/mol. The minimum absolute atomic E-state index is 0.146. The van der Waals surface area contributed by atoms with Crippen LogP contribution in [0.4, 0.5) is 0 Å². The monoisotopic (exact) mass is 428 g/mol. The number of hydrogen-bond donors (Lipinski definition) is 0. The van der Waals surface area contributed by atoms with Crippen molar-refractivity contribution in [2.45, 2.75) is 31.5 Å². The molecule has 0 unspecified atom stereocenters. The zero-order chi connectivity index (χ0) is 21.6. The summed E-state index contributed by atoms with van der Waals surface area (Å²) in [5.41, 5.74) is 1.00. The number of tetrazole rings is 1. The van der Waals surface area contributed by atoms with Crippen LogP contribution in [0.5, 0.6) is 11.5 Å². The fourth-order valence-electron chi connectivity index (χ4n) is 4.53. The van der Waals surface area contributed by atoms with Gasteiger partial charge in [0.05, 0.1) is 26.9 Å². The van der Waals surface area contributed by atoms with E-state index in [1.54, 1.807) is 14.2 Å². The normalized spacial score (nSPS) is 21.2. The minimum Gasteiger partial charge on any atom is -0.493 e. The van der Waals surface area contributed by atoms with E-state index >= 15 is 0 Å². The molecule has 2 aromatic rings. The maximum Gasteiger partial charge on any atom is 0.173 e. The van der Waals surface area contributed by atoms with Crippen LogP contribution in [0, 0.1) is 0 Å². The lowest BCUT2D eigenvalue weighted by molar-refractivity contribution is 0.0865. The molecule has 31 heavy (non-hydrogen) atoms. The van der Waals surface area contributed by atoms with E-state index in [0.29, 0.717) is 12.3 Å². The Hall–Kier alpha value is -2.49. The zero-order valence-electron chi connectivity index (χ0n) is 18.4. The van der Waals surface area contributed by atoms with Gasteiger partial charge in [-0.3, -0.25) is 9.80 Å². The molecule has 168 valence electrons. The van der Waals surface area contributed by atoms with Gasteiger partial charge in [-0.2, -0.15) is 0 Å². The van der Waals surface area contributed by atoms with Gasteiger partial charge in [-0.15, -0.1) is 11.7 Å². The van der Waals surface area contributed by atoms with Gasteiger partial charge in [-0.1, -0.05) is 18.2 Å². The molecule has 0 amide bonds. The van der Waals surface area contributed by atoms with Gasteiger partial charge in [-0.25, -0.2) is 4.68 Å². The van der Waals surface area contributed by atoms with Gasteiger partial charge in [-0.05, 0) is 29.3 Å². The first-order valence-corrected chi connectivity index (χ1v) is 10.9. The number of benzene rings is 1. The molecule has 2 aliphatic rings. The fraction of sp³-hybridized carbons (Fsp3) is 0.591. The van der Waals surface area contributed by atoms with E-state index in [4.69, 9.17) is 14.2 Å². The van der Waals surface area contributed by atoms with E-state index in [9.17, 15) is 0 Å². The quantitative estimate of drug-likeness (QED) is 0.559. The smallest absolute Gasteiger partial charge is 0.173 e. The van der Waals surface area contributed by atoms with Crippen molar-refractivity contribution in [1.82, 2.24) is 30.0 Å². The number of para-hydroxylation sites is 1. The molecule has 9 nitrogen and oxygen atoms in total. The third kappa shape index (κ3) is 4.73. The highest BCUT2D eigenvalue weighted by atomic mass is 16.5. The SMILES string of the molecule is C=CCN1CCN([C@H](c2cccc(OC)c2OC)c2nnnn2C[C@H]2CCCO2)CC1. The van der Waals surface area contributed by atoms with E-state index in [0.717, 1.165) is 69.3 Å². The molecule has 1 aromatic carbocycles. The van der Waals surface area contributed by atoms with Gasteiger partial charge >= 0.3 is 0 Å². The lowest BCUT2D eigenvalue weighted by atomic mass is 10.0. The van der Waals surface area contributed by atoms with E-state index in [-0.39, 0.29) is 12.1 Å². The van der Waals surface area contributed by atoms with Crippen molar-refractivity contribution in [3.8, 4) is 11.5 Å². The molecule has 0 N–H and O–H groups in total. The molecule has 2 aliphatic heterocycles. The van der Waals surface area contributed by atoms with Crippen LogP contribution in [0.2, 0.25) is 0 Å². The second kappa shape index (κ2) is 10.2. The highest BCUT2D eigenvalue weighted by molar-refractivity contribution is 5.49. The molecule has 2 atom stereocenters. The largest absolute Gasteiger partial charge is 0.493 e. The highest BCUT2D eigenvalue weighted by Gasteiger charge is 2.34. The van der Waals surface area contributed by atoms with Crippen LogP contribution in [-0.2, 0) is 11.3 Å². The molecule has 0 spiro atoms. The Bertz CT molecular complexity index is 859. The summed E-state index contributed by atoms with van der Waals surface area (Å²) in [5.74, 6) is 2.22. The van der Waals surface area contributed by atoms with Gasteiger partial charge in [0.15, 0.2) is 17.3 Å². The van der Waals surface area contributed by atoms with Crippen LogP contribution in [0.25, 0.3) is 0 Å². The molecule has 0 bridgehead atoms. The summed E-state index contributed by atoms with van der Waals surface area (Å²) in [6, 6.07) is 5.84. The van der Waals surface area contributed by atoms with Gasteiger partial charge in [0, 0.05) is 44.9 Å². The predicted molar refractivity (Wildman–Crippen MR) is 116 cm³/mol. The molecule has 0 saturated carbocycles. The summed E-state index contributed by atoms with van der Waals surface area (Å²) in [6.07, 6.45) is 4.23. The molecular formula is C22H32N6O3. The highest BCUT2D eigenvalue weighted by Crippen LogP contribution is 2.39. The maximum absolute atomic E-state index is 5.84. The lowest BCUT2D eigenvalue weighted by Crippen LogP contribution is -2.48. The molecular weight excluding hydrogens is 396 g/mol. The molecule has 2 saturated heterocycles. The summed E-state index contributed by atoms with van der Waals surface area (Å²) >= 11 is 0. The number of ether oxygens (including phenoxy) is 3. The Labute approximate surface area is 183 Å². The van der Waals surface area contributed by atoms with Crippen LogP contribution in [0.1, 0.15) is 30.3 Å². The molecule has 0 radical (unpaired) electrons. The Morgan fingerprint density at radius 2 is 2.06 bits per heavy atom. The Morgan fingerprint density at radius 1 is 1.23 bits per heavy atom. The lowest BCUT2D eigenvalue weighted by Gasteiger charge is -2.39. The first kappa shape index (κ1) is 21.7. The summed E-state index contributed by atoms with van der Waals surface area (Å²) in [4.78, 5) is 4.83. The Morgan fingerprint density at radius 3 is 2.74 bits per heavy atom.